The number of hydrogen-bond acceptors (Lipinski definition) is 5. The monoisotopic (exact) mass is 348 g/mol. The van der Waals surface area contributed by atoms with Crippen LogP contribution in [0.2, 0.25) is 0 Å². The van der Waals surface area contributed by atoms with E-state index in [1.807, 2.05) is 18.2 Å². The van der Waals surface area contributed by atoms with Crippen LogP contribution >= 0.6 is 0 Å². The Labute approximate surface area is 149 Å². The van der Waals surface area contributed by atoms with Crippen molar-refractivity contribution >= 4 is 5.78 Å². The molecule has 3 fully saturated rings. The lowest BCUT2D eigenvalue weighted by atomic mass is 9.92. The summed E-state index contributed by atoms with van der Waals surface area (Å²) in [7, 11) is 0. The number of allylic oxidation sites excluding steroid dienone is 2. The molecule has 5 atom stereocenters. The molecule has 2 heterocycles. The third-order valence-corrected chi connectivity index (χ3v) is 5.92. The van der Waals surface area contributed by atoms with Crippen molar-refractivity contribution in [3.05, 3.63) is 24.0 Å². The van der Waals surface area contributed by atoms with Gasteiger partial charge < -0.3 is 18.9 Å². The average molecular weight is 348 g/mol. The second-order valence-electron chi connectivity index (χ2n) is 7.63. The Morgan fingerprint density at radius 1 is 1.24 bits per heavy atom. The van der Waals surface area contributed by atoms with E-state index in [0.717, 1.165) is 31.6 Å². The van der Waals surface area contributed by atoms with E-state index in [9.17, 15) is 4.79 Å². The van der Waals surface area contributed by atoms with Gasteiger partial charge >= 0.3 is 0 Å². The van der Waals surface area contributed by atoms with Crippen LogP contribution in [0, 0.1) is 17.8 Å². The smallest absolute Gasteiger partial charge is 0.157 e. The van der Waals surface area contributed by atoms with Crippen molar-refractivity contribution in [2.45, 2.75) is 50.9 Å². The first-order chi connectivity index (χ1) is 12.3. The molecule has 138 valence electrons. The van der Waals surface area contributed by atoms with Gasteiger partial charge in [0.15, 0.2) is 6.29 Å². The molecule has 1 saturated heterocycles. The Bertz CT molecular complexity index is 534. The second-order valence-corrected chi connectivity index (χ2v) is 7.63. The number of rotatable bonds is 6. The van der Waals surface area contributed by atoms with E-state index in [4.69, 9.17) is 18.9 Å². The first-order valence-corrected chi connectivity index (χ1v) is 9.64. The summed E-state index contributed by atoms with van der Waals surface area (Å²) >= 11 is 0. The fourth-order valence-corrected chi connectivity index (χ4v) is 4.69. The van der Waals surface area contributed by atoms with Gasteiger partial charge in [-0.1, -0.05) is 6.08 Å². The van der Waals surface area contributed by atoms with Gasteiger partial charge in [-0.15, -0.1) is 0 Å². The molecule has 0 amide bonds. The van der Waals surface area contributed by atoms with Crippen LogP contribution in [-0.2, 0) is 23.7 Å². The Morgan fingerprint density at radius 3 is 3.00 bits per heavy atom. The van der Waals surface area contributed by atoms with Crippen LogP contribution in [0.3, 0.4) is 0 Å². The molecule has 5 nitrogen and oxygen atoms in total. The lowest BCUT2D eigenvalue weighted by Gasteiger charge is -2.30. The molecule has 0 aromatic carbocycles. The normalized spacial score (nSPS) is 37.7. The third-order valence-electron chi connectivity index (χ3n) is 5.92. The summed E-state index contributed by atoms with van der Waals surface area (Å²) in [5.74, 6) is 2.41. The van der Waals surface area contributed by atoms with Crippen molar-refractivity contribution in [3.8, 4) is 0 Å². The maximum atomic E-state index is 11.9. The van der Waals surface area contributed by atoms with E-state index < -0.39 is 0 Å². The van der Waals surface area contributed by atoms with E-state index in [1.165, 1.54) is 6.42 Å². The van der Waals surface area contributed by atoms with Gasteiger partial charge in [0.05, 0.1) is 12.7 Å². The molecular weight excluding hydrogens is 320 g/mol. The van der Waals surface area contributed by atoms with Crippen molar-refractivity contribution in [2.75, 3.05) is 26.4 Å². The van der Waals surface area contributed by atoms with Crippen molar-refractivity contribution in [1.82, 2.24) is 0 Å². The van der Waals surface area contributed by atoms with Crippen LogP contribution in [0.4, 0.5) is 0 Å². The Balaban J connectivity index is 1.34. The van der Waals surface area contributed by atoms with Gasteiger partial charge in [-0.25, -0.2) is 0 Å². The lowest BCUT2D eigenvalue weighted by molar-refractivity contribution is -0.199. The summed E-state index contributed by atoms with van der Waals surface area (Å²) in [5, 5.41) is 0. The number of hydrogen-bond donors (Lipinski definition) is 0. The molecule has 2 aliphatic heterocycles. The van der Waals surface area contributed by atoms with E-state index in [1.54, 1.807) is 0 Å². The van der Waals surface area contributed by atoms with Crippen LogP contribution in [0.5, 0.6) is 0 Å². The largest absolute Gasteiger partial charge is 0.491 e. The molecule has 4 rings (SSSR count). The first-order valence-electron chi connectivity index (χ1n) is 9.64. The summed E-state index contributed by atoms with van der Waals surface area (Å²) < 4.78 is 23.6. The molecule has 2 saturated carbocycles. The fraction of sp³-hybridized carbons (Fsp3) is 0.750. The van der Waals surface area contributed by atoms with E-state index in [0.29, 0.717) is 50.3 Å². The van der Waals surface area contributed by atoms with Crippen LogP contribution < -0.4 is 0 Å². The molecule has 25 heavy (non-hydrogen) atoms. The fourth-order valence-electron chi connectivity index (χ4n) is 4.69. The predicted molar refractivity (Wildman–Crippen MR) is 91.8 cm³/mol. The van der Waals surface area contributed by atoms with Gasteiger partial charge in [0.2, 0.25) is 0 Å². The van der Waals surface area contributed by atoms with Gasteiger partial charge in [-0.05, 0) is 49.7 Å². The van der Waals surface area contributed by atoms with E-state index >= 15 is 0 Å². The zero-order valence-corrected chi connectivity index (χ0v) is 14.7. The molecule has 5 heteroatoms. The quantitative estimate of drug-likeness (QED) is 0.739. The molecule has 0 radical (unpaired) electrons. The van der Waals surface area contributed by atoms with Crippen LogP contribution in [0.25, 0.3) is 0 Å². The van der Waals surface area contributed by atoms with Crippen molar-refractivity contribution < 1.29 is 23.7 Å². The van der Waals surface area contributed by atoms with Gasteiger partial charge in [-0.2, -0.15) is 0 Å². The Morgan fingerprint density at radius 2 is 2.20 bits per heavy atom. The summed E-state index contributed by atoms with van der Waals surface area (Å²) in [6.45, 7) is 2.51. The zero-order valence-electron chi connectivity index (χ0n) is 14.7. The average Bonchev–Trinajstić information content (AvgIpc) is 3.13. The SMILES string of the molecule is O=C1C[C@@H]2CC(OC3CCCCO3)C(COCC3=CC=CCO3)[C@@H]2C1. The predicted octanol–water partition coefficient (Wildman–Crippen LogP) is 3.00. The molecule has 0 spiro atoms. The maximum Gasteiger partial charge on any atom is 0.157 e. The zero-order chi connectivity index (χ0) is 17.1. The highest BCUT2D eigenvalue weighted by atomic mass is 16.7. The minimum Gasteiger partial charge on any atom is -0.491 e. The molecule has 0 aromatic rings. The van der Waals surface area contributed by atoms with Gasteiger partial charge in [0.1, 0.15) is 24.8 Å². The molecule has 4 aliphatic rings. The molecule has 0 bridgehead atoms. The number of ether oxygens (including phenoxy) is 4. The van der Waals surface area contributed by atoms with Crippen LogP contribution in [0.15, 0.2) is 24.0 Å². The van der Waals surface area contributed by atoms with Gasteiger partial charge in [0, 0.05) is 25.4 Å². The molecule has 0 N–H and O–H groups in total. The first kappa shape index (κ1) is 17.3. The van der Waals surface area contributed by atoms with E-state index in [-0.39, 0.29) is 18.3 Å². The molecule has 3 unspecified atom stereocenters. The summed E-state index contributed by atoms with van der Waals surface area (Å²) in [6, 6.07) is 0. The molecule has 0 aromatic heterocycles. The van der Waals surface area contributed by atoms with Crippen LogP contribution in [0.1, 0.15) is 38.5 Å². The maximum absolute atomic E-state index is 11.9. The molecular formula is C20H28O5. The Hall–Kier alpha value is -1.17. The highest BCUT2D eigenvalue weighted by Crippen LogP contribution is 2.48. The summed E-state index contributed by atoms with van der Waals surface area (Å²) in [4.78, 5) is 11.9. The summed E-state index contributed by atoms with van der Waals surface area (Å²) in [5.41, 5.74) is 0. The standard InChI is InChI=1S/C20H28O5/c21-15-9-14-10-19(25-20-6-2-4-8-24-20)18(17(14)11-15)13-22-12-16-5-1-3-7-23-16/h1,3,5,14,17-20H,2,4,6-13H2/t14-,17-,18?,19?,20?/m1/s1. The lowest BCUT2D eigenvalue weighted by Crippen LogP contribution is -2.33. The number of carbonyl (C=O) groups excluding carboxylic acids is 1. The highest BCUT2D eigenvalue weighted by molar-refractivity contribution is 5.81. The minimum absolute atomic E-state index is 0.0784. The van der Waals surface area contributed by atoms with Crippen LogP contribution in [-0.4, -0.2) is 44.6 Å². The second kappa shape index (κ2) is 8.02. The van der Waals surface area contributed by atoms with Crippen molar-refractivity contribution in [3.63, 3.8) is 0 Å². The van der Waals surface area contributed by atoms with Crippen molar-refractivity contribution in [2.24, 2.45) is 17.8 Å². The number of ketones is 1. The van der Waals surface area contributed by atoms with Gasteiger partial charge in [0.25, 0.3) is 0 Å². The number of fused-ring (bicyclic) bond motifs is 1. The number of carbonyl (C=O) groups is 1. The van der Waals surface area contributed by atoms with E-state index in [2.05, 4.69) is 0 Å². The van der Waals surface area contributed by atoms with Crippen molar-refractivity contribution in [1.29, 1.82) is 0 Å². The Kier molecular flexibility index (Phi) is 5.54. The third kappa shape index (κ3) is 4.15. The van der Waals surface area contributed by atoms with Gasteiger partial charge in [-0.3, -0.25) is 4.79 Å². The molecule has 2 aliphatic carbocycles. The minimum atomic E-state index is -0.0784. The highest BCUT2D eigenvalue weighted by Gasteiger charge is 2.49. The number of Topliss-reactive ketones (excluding diaryl/α,β-unsaturated/α-hetero) is 1. The topological polar surface area (TPSA) is 54.0 Å². The summed E-state index contributed by atoms with van der Waals surface area (Å²) in [6.07, 6.45) is 11.6.